The maximum atomic E-state index is 5.80. The molecule has 0 radical (unpaired) electrons. The van der Waals surface area contributed by atoms with Crippen LogP contribution in [0.1, 0.15) is 27.2 Å². The number of hydrogen-bond donors (Lipinski definition) is 2. The average Bonchev–Trinajstić information content (AvgIpc) is 2.91. The minimum Gasteiger partial charge on any atom is -0.372 e. The molecule has 21 heavy (non-hydrogen) atoms. The molecule has 0 spiro atoms. The van der Waals surface area contributed by atoms with Crippen LogP contribution in [0.2, 0.25) is 0 Å². The van der Waals surface area contributed by atoms with Crippen molar-refractivity contribution in [2.45, 2.75) is 39.4 Å². The highest BCUT2D eigenvalue weighted by atomic mass is 16.5. The maximum Gasteiger partial charge on any atom is 0.226 e. The van der Waals surface area contributed by atoms with E-state index in [-0.39, 0.29) is 12.2 Å². The lowest BCUT2D eigenvalue weighted by Gasteiger charge is -2.36. The Hall–Kier alpha value is -1.89. The zero-order chi connectivity index (χ0) is 14.8. The van der Waals surface area contributed by atoms with Crippen molar-refractivity contribution >= 4 is 22.9 Å². The highest BCUT2D eigenvalue weighted by Gasteiger charge is 2.25. The number of morpholine rings is 1. The molecule has 7 heteroatoms. The average molecular weight is 290 g/mol. The number of H-pyrrole nitrogens is 1. The number of nitrogens with one attached hydrogen (secondary N) is 2. The van der Waals surface area contributed by atoms with Gasteiger partial charge < -0.3 is 19.9 Å². The molecule has 0 saturated carbocycles. The van der Waals surface area contributed by atoms with Gasteiger partial charge in [-0.3, -0.25) is 0 Å². The van der Waals surface area contributed by atoms with Crippen molar-refractivity contribution in [3.63, 3.8) is 0 Å². The summed E-state index contributed by atoms with van der Waals surface area (Å²) in [6.07, 6.45) is 3.07. The highest BCUT2D eigenvalue weighted by molar-refractivity contribution is 5.84. The van der Waals surface area contributed by atoms with Gasteiger partial charge in [0.25, 0.3) is 0 Å². The van der Waals surface area contributed by atoms with Gasteiger partial charge in [0.05, 0.1) is 18.5 Å². The number of imidazole rings is 1. The molecule has 0 bridgehead atoms. The number of aromatic nitrogens is 4. The van der Waals surface area contributed by atoms with Crippen LogP contribution in [-0.2, 0) is 4.74 Å². The third-order valence-electron chi connectivity index (χ3n) is 3.52. The van der Waals surface area contributed by atoms with Crippen molar-refractivity contribution in [1.82, 2.24) is 19.9 Å². The van der Waals surface area contributed by atoms with E-state index >= 15 is 0 Å². The van der Waals surface area contributed by atoms with Crippen molar-refractivity contribution in [2.24, 2.45) is 0 Å². The number of nitrogens with zero attached hydrogens (tertiary/aromatic N) is 4. The first-order valence-corrected chi connectivity index (χ1v) is 7.52. The van der Waals surface area contributed by atoms with Gasteiger partial charge in [-0.05, 0) is 20.3 Å². The third-order valence-corrected chi connectivity index (χ3v) is 3.52. The molecule has 114 valence electrons. The van der Waals surface area contributed by atoms with E-state index in [9.17, 15) is 0 Å². The molecule has 1 saturated heterocycles. The van der Waals surface area contributed by atoms with Crippen molar-refractivity contribution in [1.29, 1.82) is 0 Å². The lowest BCUT2D eigenvalue weighted by Crippen LogP contribution is -2.46. The summed E-state index contributed by atoms with van der Waals surface area (Å²) >= 11 is 0. The molecule has 0 aromatic carbocycles. The molecule has 0 aliphatic carbocycles. The van der Waals surface area contributed by atoms with Gasteiger partial charge in [0.15, 0.2) is 11.5 Å². The van der Waals surface area contributed by atoms with E-state index in [1.165, 1.54) is 0 Å². The molecule has 3 rings (SSSR count). The third kappa shape index (κ3) is 2.92. The van der Waals surface area contributed by atoms with Crippen LogP contribution in [-0.4, -0.2) is 51.8 Å². The topological polar surface area (TPSA) is 79.0 Å². The van der Waals surface area contributed by atoms with Crippen LogP contribution in [0.5, 0.6) is 0 Å². The maximum absolute atomic E-state index is 5.80. The number of hydrogen-bond acceptors (Lipinski definition) is 6. The molecule has 2 aromatic rings. The molecule has 7 nitrogen and oxygen atoms in total. The van der Waals surface area contributed by atoms with Gasteiger partial charge in [-0.25, -0.2) is 4.98 Å². The predicted molar refractivity (Wildman–Crippen MR) is 82.7 cm³/mol. The fourth-order valence-corrected chi connectivity index (χ4v) is 2.71. The van der Waals surface area contributed by atoms with E-state index < -0.39 is 0 Å². The van der Waals surface area contributed by atoms with Gasteiger partial charge in [0, 0.05) is 19.6 Å². The summed E-state index contributed by atoms with van der Waals surface area (Å²) in [5, 5.41) is 3.24. The molecule has 1 fully saturated rings. The van der Waals surface area contributed by atoms with Gasteiger partial charge in [0.2, 0.25) is 5.95 Å². The van der Waals surface area contributed by atoms with Crippen LogP contribution in [0.4, 0.5) is 11.8 Å². The number of fused-ring (bicyclic) bond motifs is 1. The monoisotopic (exact) mass is 290 g/mol. The first-order valence-electron chi connectivity index (χ1n) is 7.52. The Morgan fingerprint density at radius 1 is 1.33 bits per heavy atom. The second-order valence-corrected chi connectivity index (χ2v) is 5.56. The summed E-state index contributed by atoms with van der Waals surface area (Å²) in [7, 11) is 0. The van der Waals surface area contributed by atoms with E-state index in [0.717, 1.165) is 37.4 Å². The molecule has 2 aromatic heterocycles. The predicted octanol–water partition coefficient (Wildman–Crippen LogP) is 1.79. The molecule has 2 N–H and O–H groups in total. The second-order valence-electron chi connectivity index (χ2n) is 5.56. The van der Waals surface area contributed by atoms with Crippen molar-refractivity contribution in [3.8, 4) is 0 Å². The molecule has 0 amide bonds. The highest BCUT2D eigenvalue weighted by Crippen LogP contribution is 2.25. The lowest BCUT2D eigenvalue weighted by molar-refractivity contribution is -0.00537. The number of ether oxygens (including phenoxy) is 1. The molecular weight excluding hydrogens is 268 g/mol. The van der Waals surface area contributed by atoms with E-state index in [1.54, 1.807) is 6.33 Å². The summed E-state index contributed by atoms with van der Waals surface area (Å²) in [5.74, 6) is 1.54. The standard InChI is InChI=1S/C14H22N6O/c1-4-5-15-14-18-12-11(16-8-17-12)13(19-14)20-6-9(2)21-10(3)7-20/h8-10H,4-7H2,1-3H3,(H2,15,16,17,18,19)/t9-,10+. The van der Waals surface area contributed by atoms with Crippen molar-refractivity contribution < 1.29 is 4.74 Å². The first kappa shape index (κ1) is 14.1. The van der Waals surface area contributed by atoms with E-state index in [0.29, 0.717) is 11.6 Å². The Bertz CT molecular complexity index is 603. The van der Waals surface area contributed by atoms with Crippen LogP contribution in [0.25, 0.3) is 11.2 Å². The Kier molecular flexibility index (Phi) is 3.92. The summed E-state index contributed by atoms with van der Waals surface area (Å²) in [5.41, 5.74) is 1.59. The van der Waals surface area contributed by atoms with Gasteiger partial charge in [-0.15, -0.1) is 0 Å². The van der Waals surface area contributed by atoms with E-state index in [4.69, 9.17) is 4.74 Å². The largest absolute Gasteiger partial charge is 0.372 e. The second kappa shape index (κ2) is 5.85. The Morgan fingerprint density at radius 2 is 2.10 bits per heavy atom. The van der Waals surface area contributed by atoms with Crippen LogP contribution >= 0.6 is 0 Å². The zero-order valence-electron chi connectivity index (χ0n) is 12.8. The Balaban J connectivity index is 1.97. The zero-order valence-corrected chi connectivity index (χ0v) is 12.8. The fraction of sp³-hybridized carbons (Fsp3) is 0.643. The summed E-state index contributed by atoms with van der Waals surface area (Å²) in [6.45, 7) is 8.79. The smallest absolute Gasteiger partial charge is 0.226 e. The lowest BCUT2D eigenvalue weighted by atomic mass is 10.2. The van der Waals surface area contributed by atoms with Crippen LogP contribution in [0, 0.1) is 0 Å². The van der Waals surface area contributed by atoms with Crippen molar-refractivity contribution in [3.05, 3.63) is 6.33 Å². The fourth-order valence-electron chi connectivity index (χ4n) is 2.71. The summed E-state index contributed by atoms with van der Waals surface area (Å²) < 4.78 is 5.80. The van der Waals surface area contributed by atoms with Gasteiger partial charge in [-0.2, -0.15) is 9.97 Å². The van der Waals surface area contributed by atoms with Crippen LogP contribution < -0.4 is 10.2 Å². The molecule has 0 unspecified atom stereocenters. The minimum absolute atomic E-state index is 0.189. The minimum atomic E-state index is 0.189. The molecule has 2 atom stereocenters. The van der Waals surface area contributed by atoms with Crippen molar-refractivity contribution in [2.75, 3.05) is 29.9 Å². The number of aromatic amines is 1. The van der Waals surface area contributed by atoms with Crippen LogP contribution in [0.15, 0.2) is 6.33 Å². The number of rotatable bonds is 4. The molecule has 1 aliphatic rings. The summed E-state index contributed by atoms with van der Waals surface area (Å²) in [4.78, 5) is 18.8. The molecule has 1 aliphatic heterocycles. The van der Waals surface area contributed by atoms with Gasteiger partial charge in [-0.1, -0.05) is 6.92 Å². The SMILES string of the molecule is CCCNc1nc(N2C[C@@H](C)O[C@@H](C)C2)c2[nH]cnc2n1. The quantitative estimate of drug-likeness (QED) is 0.893. The number of anilines is 2. The molecular formula is C14H22N6O. The normalized spacial score (nSPS) is 22.7. The van der Waals surface area contributed by atoms with Gasteiger partial charge >= 0.3 is 0 Å². The van der Waals surface area contributed by atoms with E-state index in [1.807, 2.05) is 0 Å². The van der Waals surface area contributed by atoms with E-state index in [2.05, 4.69) is 50.9 Å². The Morgan fingerprint density at radius 3 is 2.81 bits per heavy atom. The van der Waals surface area contributed by atoms with Gasteiger partial charge in [0.1, 0.15) is 5.52 Å². The first-order chi connectivity index (χ1) is 10.2. The molecule has 3 heterocycles. The summed E-state index contributed by atoms with van der Waals surface area (Å²) in [6, 6.07) is 0. The Labute approximate surface area is 124 Å². The van der Waals surface area contributed by atoms with Crippen LogP contribution in [0.3, 0.4) is 0 Å².